The Bertz CT molecular complexity index is 779. The number of rotatable bonds is 4. The predicted molar refractivity (Wildman–Crippen MR) is 87.2 cm³/mol. The molecule has 22 heavy (non-hydrogen) atoms. The first-order chi connectivity index (χ1) is 10.8. The number of hydrogen-bond acceptors (Lipinski definition) is 6. The van der Waals surface area contributed by atoms with E-state index in [0.717, 1.165) is 31.1 Å². The van der Waals surface area contributed by atoms with Crippen LogP contribution in [0.2, 0.25) is 0 Å². The van der Waals surface area contributed by atoms with E-state index in [1.807, 2.05) is 23.5 Å². The predicted octanol–water partition coefficient (Wildman–Crippen LogP) is 2.04. The molecule has 1 atom stereocenters. The molecule has 0 bridgehead atoms. The van der Waals surface area contributed by atoms with E-state index in [4.69, 9.17) is 0 Å². The van der Waals surface area contributed by atoms with Crippen LogP contribution in [-0.4, -0.2) is 43.8 Å². The highest BCUT2D eigenvalue weighted by Crippen LogP contribution is 2.25. The van der Waals surface area contributed by atoms with Gasteiger partial charge < -0.3 is 5.32 Å². The molecular formula is C15H18N6S. The highest BCUT2D eigenvalue weighted by atomic mass is 32.1. The number of anilines is 1. The van der Waals surface area contributed by atoms with Crippen LogP contribution in [0, 0.1) is 0 Å². The second kappa shape index (κ2) is 5.66. The van der Waals surface area contributed by atoms with E-state index in [1.54, 1.807) is 15.7 Å². The van der Waals surface area contributed by atoms with E-state index in [2.05, 4.69) is 43.9 Å². The molecule has 4 rings (SSSR count). The first-order valence-electron chi connectivity index (χ1n) is 7.50. The largest absolute Gasteiger partial charge is 0.367 e. The molecule has 1 aliphatic heterocycles. The van der Waals surface area contributed by atoms with Crippen LogP contribution in [-0.2, 0) is 13.0 Å². The fourth-order valence-corrected chi connectivity index (χ4v) is 3.74. The second-order valence-electron chi connectivity index (χ2n) is 5.67. The number of thiophene rings is 1. The van der Waals surface area contributed by atoms with Crippen LogP contribution in [0.25, 0.3) is 5.65 Å². The van der Waals surface area contributed by atoms with Gasteiger partial charge in [0.15, 0.2) is 5.65 Å². The Balaban J connectivity index is 1.39. The van der Waals surface area contributed by atoms with E-state index >= 15 is 0 Å². The number of aromatic nitrogens is 4. The van der Waals surface area contributed by atoms with Gasteiger partial charge in [0.1, 0.15) is 12.1 Å². The van der Waals surface area contributed by atoms with Gasteiger partial charge in [-0.15, -0.1) is 26.6 Å². The van der Waals surface area contributed by atoms with Gasteiger partial charge in [-0.05, 0) is 42.5 Å². The summed E-state index contributed by atoms with van der Waals surface area (Å²) in [5.41, 5.74) is 2.26. The summed E-state index contributed by atoms with van der Waals surface area (Å²) in [6.45, 7) is 5.33. The van der Waals surface area contributed by atoms with Gasteiger partial charge in [-0.3, -0.25) is 4.90 Å². The van der Waals surface area contributed by atoms with Crippen LogP contribution in [0.4, 0.5) is 5.82 Å². The van der Waals surface area contributed by atoms with Crippen LogP contribution in [0.5, 0.6) is 0 Å². The molecule has 0 saturated carbocycles. The molecule has 4 heterocycles. The molecule has 0 aliphatic carbocycles. The molecule has 3 aromatic rings. The summed E-state index contributed by atoms with van der Waals surface area (Å²) < 4.78 is 1.69. The zero-order valence-electron chi connectivity index (χ0n) is 12.4. The summed E-state index contributed by atoms with van der Waals surface area (Å²) in [7, 11) is 0. The van der Waals surface area contributed by atoms with E-state index in [1.165, 1.54) is 12.0 Å². The first kappa shape index (κ1) is 13.7. The zero-order valence-corrected chi connectivity index (χ0v) is 13.3. The third-order valence-electron chi connectivity index (χ3n) is 4.20. The Labute approximate surface area is 132 Å². The van der Waals surface area contributed by atoms with Crippen molar-refractivity contribution in [2.45, 2.75) is 25.9 Å². The van der Waals surface area contributed by atoms with E-state index < -0.39 is 0 Å². The van der Waals surface area contributed by atoms with Crippen LogP contribution < -0.4 is 5.32 Å². The molecule has 114 valence electrons. The highest BCUT2D eigenvalue weighted by molar-refractivity contribution is 7.10. The Hall–Kier alpha value is -1.99. The maximum atomic E-state index is 4.44. The summed E-state index contributed by atoms with van der Waals surface area (Å²) in [4.78, 5) is 4.08. The molecule has 1 aliphatic rings. The SMILES string of the molecule is C[C@H](CNc1ccc2nncn2n1)N1CCc2sccc2C1. The fraction of sp³-hybridized carbons (Fsp3) is 0.400. The number of nitrogens with one attached hydrogen (secondary N) is 1. The fourth-order valence-electron chi connectivity index (χ4n) is 2.85. The maximum absolute atomic E-state index is 4.44. The molecule has 0 unspecified atom stereocenters. The number of hydrogen-bond donors (Lipinski definition) is 1. The third-order valence-corrected chi connectivity index (χ3v) is 5.22. The van der Waals surface area contributed by atoms with Crippen molar-refractivity contribution in [2.75, 3.05) is 18.4 Å². The molecule has 0 spiro atoms. The molecule has 0 saturated heterocycles. The lowest BCUT2D eigenvalue weighted by molar-refractivity contribution is 0.200. The van der Waals surface area contributed by atoms with Crippen molar-refractivity contribution >= 4 is 22.8 Å². The lowest BCUT2D eigenvalue weighted by atomic mass is 10.1. The molecule has 1 N–H and O–H groups in total. The van der Waals surface area contributed by atoms with Crippen molar-refractivity contribution in [3.63, 3.8) is 0 Å². The lowest BCUT2D eigenvalue weighted by Crippen LogP contribution is -2.40. The average Bonchev–Trinajstić information content (AvgIpc) is 3.19. The van der Waals surface area contributed by atoms with Gasteiger partial charge in [0, 0.05) is 30.6 Å². The Morgan fingerprint density at radius 2 is 2.32 bits per heavy atom. The zero-order chi connectivity index (χ0) is 14.9. The van der Waals surface area contributed by atoms with Gasteiger partial charge >= 0.3 is 0 Å². The van der Waals surface area contributed by atoms with Gasteiger partial charge in [-0.25, -0.2) is 0 Å². The topological polar surface area (TPSA) is 58.4 Å². The smallest absolute Gasteiger partial charge is 0.177 e. The van der Waals surface area contributed by atoms with Crippen LogP contribution in [0.15, 0.2) is 29.9 Å². The molecule has 3 aromatic heterocycles. The van der Waals surface area contributed by atoms with Crippen molar-refractivity contribution in [2.24, 2.45) is 0 Å². The molecule has 0 amide bonds. The minimum absolute atomic E-state index is 0.464. The van der Waals surface area contributed by atoms with Crippen molar-refractivity contribution in [1.29, 1.82) is 0 Å². The van der Waals surface area contributed by atoms with Crippen molar-refractivity contribution in [3.8, 4) is 0 Å². The average molecular weight is 314 g/mol. The standard InChI is InChI=1S/C15H18N6S/c1-11(20-6-4-13-12(9-20)5-7-22-13)8-16-14-2-3-15-18-17-10-21(15)19-14/h2-3,5,7,10-11H,4,6,8-9H2,1H3,(H,16,19)/t11-/m1/s1. The summed E-state index contributed by atoms with van der Waals surface area (Å²) in [5, 5.41) is 17.9. The van der Waals surface area contributed by atoms with Crippen LogP contribution in [0.3, 0.4) is 0 Å². The number of nitrogens with zero attached hydrogens (tertiary/aromatic N) is 5. The summed E-state index contributed by atoms with van der Waals surface area (Å²) in [6, 6.07) is 6.59. The molecule has 7 heteroatoms. The first-order valence-corrected chi connectivity index (χ1v) is 8.38. The van der Waals surface area contributed by atoms with Crippen LogP contribution >= 0.6 is 11.3 Å². The molecule has 0 aromatic carbocycles. The highest BCUT2D eigenvalue weighted by Gasteiger charge is 2.21. The van der Waals surface area contributed by atoms with Gasteiger partial charge in [0.2, 0.25) is 0 Å². The minimum atomic E-state index is 0.464. The van der Waals surface area contributed by atoms with Gasteiger partial charge in [-0.1, -0.05) is 0 Å². The van der Waals surface area contributed by atoms with E-state index in [0.29, 0.717) is 6.04 Å². The van der Waals surface area contributed by atoms with Gasteiger partial charge in [0.25, 0.3) is 0 Å². The van der Waals surface area contributed by atoms with Gasteiger partial charge in [-0.2, -0.15) is 4.52 Å². The van der Waals surface area contributed by atoms with Crippen molar-refractivity contribution in [1.82, 2.24) is 24.7 Å². The second-order valence-corrected chi connectivity index (χ2v) is 6.67. The monoisotopic (exact) mass is 314 g/mol. The van der Waals surface area contributed by atoms with Crippen molar-refractivity contribution < 1.29 is 0 Å². The molecule has 0 fully saturated rings. The summed E-state index contributed by atoms with van der Waals surface area (Å²) >= 11 is 1.88. The minimum Gasteiger partial charge on any atom is -0.367 e. The quantitative estimate of drug-likeness (QED) is 0.798. The third kappa shape index (κ3) is 2.57. The number of fused-ring (bicyclic) bond motifs is 2. The van der Waals surface area contributed by atoms with E-state index in [9.17, 15) is 0 Å². The summed E-state index contributed by atoms with van der Waals surface area (Å²) in [6.07, 6.45) is 2.79. The van der Waals surface area contributed by atoms with Crippen molar-refractivity contribution in [3.05, 3.63) is 40.3 Å². The normalized spacial score (nSPS) is 16.6. The van der Waals surface area contributed by atoms with Gasteiger partial charge in [0.05, 0.1) is 0 Å². The maximum Gasteiger partial charge on any atom is 0.177 e. The Morgan fingerprint density at radius 1 is 1.36 bits per heavy atom. The lowest BCUT2D eigenvalue weighted by Gasteiger charge is -2.32. The van der Waals surface area contributed by atoms with Crippen LogP contribution in [0.1, 0.15) is 17.4 Å². The molecule has 6 nitrogen and oxygen atoms in total. The molecule has 0 radical (unpaired) electrons. The Morgan fingerprint density at radius 3 is 3.27 bits per heavy atom. The summed E-state index contributed by atoms with van der Waals surface area (Å²) in [5.74, 6) is 0.854. The molecular weight excluding hydrogens is 296 g/mol. The van der Waals surface area contributed by atoms with E-state index in [-0.39, 0.29) is 0 Å². The Kier molecular flexibility index (Phi) is 3.51.